The molecule has 0 fully saturated rings. The lowest BCUT2D eigenvalue weighted by molar-refractivity contribution is -0.114. The molecule has 10 nitrogen and oxygen atoms in total. The van der Waals surface area contributed by atoms with Gasteiger partial charge in [0.15, 0.2) is 11.2 Å². The van der Waals surface area contributed by atoms with Gasteiger partial charge in [0, 0.05) is 11.4 Å². The van der Waals surface area contributed by atoms with Crippen molar-refractivity contribution >= 4 is 68.9 Å². The fourth-order valence-corrected chi connectivity index (χ4v) is 5.81. The molecule has 238 valence electrons. The van der Waals surface area contributed by atoms with Gasteiger partial charge in [0.05, 0.1) is 11.5 Å². The normalized spacial score (nSPS) is 11.0. The zero-order chi connectivity index (χ0) is 32.7. The highest BCUT2D eigenvalue weighted by Gasteiger charge is 2.11. The number of rotatable bonds is 12. The van der Waals surface area contributed by atoms with Crippen molar-refractivity contribution in [2.24, 2.45) is 0 Å². The first-order valence-electron chi connectivity index (χ1n) is 14.7. The van der Waals surface area contributed by atoms with E-state index in [1.54, 1.807) is 72.8 Å². The molecule has 0 atom stereocenters. The number of oxazole rings is 2. The summed E-state index contributed by atoms with van der Waals surface area (Å²) in [6.07, 6.45) is 0. The minimum Gasteiger partial charge on any atom is -0.457 e. The number of nitrogens with one attached hydrogen (secondary N) is 2. The topological polar surface area (TPSA) is 129 Å². The smallest absolute Gasteiger partial charge is 0.257 e. The molecule has 7 rings (SSSR count). The molecule has 2 heterocycles. The van der Waals surface area contributed by atoms with Crippen molar-refractivity contribution in [3.05, 3.63) is 121 Å². The van der Waals surface area contributed by atoms with E-state index in [0.29, 0.717) is 56.0 Å². The molecule has 0 aliphatic rings. The third kappa shape index (κ3) is 7.97. The average molecular weight is 675 g/mol. The monoisotopic (exact) mass is 674 g/mol. The highest BCUT2D eigenvalue weighted by atomic mass is 32.2. The molecule has 0 radical (unpaired) electrons. The van der Waals surface area contributed by atoms with Gasteiger partial charge in [0.2, 0.25) is 11.8 Å². The molecule has 7 aromatic rings. The zero-order valence-corrected chi connectivity index (χ0v) is 26.8. The van der Waals surface area contributed by atoms with Crippen LogP contribution in [0.4, 0.5) is 11.4 Å². The molecule has 2 amide bonds. The maximum absolute atomic E-state index is 12.4. The third-order valence-corrected chi connectivity index (χ3v) is 8.43. The van der Waals surface area contributed by atoms with Gasteiger partial charge in [-0.1, -0.05) is 47.8 Å². The van der Waals surface area contributed by atoms with E-state index in [-0.39, 0.29) is 23.3 Å². The number of hydrogen-bond acceptors (Lipinski definition) is 10. The van der Waals surface area contributed by atoms with Crippen LogP contribution in [0.3, 0.4) is 0 Å². The predicted octanol–water partition coefficient (Wildman–Crippen LogP) is 9.02. The third-order valence-electron chi connectivity index (χ3n) is 6.77. The lowest BCUT2D eigenvalue weighted by Crippen LogP contribution is -2.13. The second-order valence-corrected chi connectivity index (χ2v) is 12.1. The molecule has 2 N–H and O–H groups in total. The number of aromatic nitrogens is 2. The van der Waals surface area contributed by atoms with Crippen molar-refractivity contribution in [3.8, 4) is 23.0 Å². The number of thioether (sulfide) groups is 2. The lowest BCUT2D eigenvalue weighted by Gasteiger charge is -2.10. The van der Waals surface area contributed by atoms with Crippen LogP contribution in [0, 0.1) is 0 Å². The number of anilines is 2. The second kappa shape index (κ2) is 14.4. The van der Waals surface area contributed by atoms with E-state index < -0.39 is 0 Å². The first-order valence-corrected chi connectivity index (χ1v) is 16.7. The first kappa shape index (κ1) is 30.9. The Hall–Kier alpha value is -5.72. The van der Waals surface area contributed by atoms with Gasteiger partial charge < -0.3 is 28.9 Å². The largest absolute Gasteiger partial charge is 0.457 e. The number of benzene rings is 5. The summed E-state index contributed by atoms with van der Waals surface area (Å²) in [5.74, 6) is 2.49. The predicted molar refractivity (Wildman–Crippen MR) is 186 cm³/mol. The fourth-order valence-electron chi connectivity index (χ4n) is 4.53. The molecule has 12 heteroatoms. The number of para-hydroxylation sites is 4. The molecule has 0 bridgehead atoms. The molecular weight excluding hydrogens is 649 g/mol. The molecule has 0 aliphatic carbocycles. The standard InChI is InChI=1S/C36H26N4O6S2/c41-33(21-47-35-39-29-5-1-3-7-31(29)45-35)37-23-9-13-25(14-10-23)43-27-17-19-28(20-18-27)44-26-15-11-24(12-16-26)38-34(42)22-48-36-40-30-6-2-4-8-32(30)46-36/h1-20H,21-22H2,(H,37,41)(H,38,42). The van der Waals surface area contributed by atoms with Gasteiger partial charge in [0.25, 0.3) is 10.4 Å². The van der Waals surface area contributed by atoms with Gasteiger partial charge in [-0.25, -0.2) is 9.97 Å². The summed E-state index contributed by atoms with van der Waals surface area (Å²) in [4.78, 5) is 33.6. The van der Waals surface area contributed by atoms with Gasteiger partial charge in [-0.05, 0) is 97.1 Å². The molecule has 2 aromatic heterocycles. The number of carbonyl (C=O) groups excluding carboxylic acids is 2. The molecule has 0 spiro atoms. The van der Waals surface area contributed by atoms with Crippen LogP contribution in [0.15, 0.2) is 141 Å². The number of nitrogens with zero attached hydrogens (tertiary/aromatic N) is 2. The van der Waals surface area contributed by atoms with Gasteiger partial charge in [0.1, 0.15) is 34.0 Å². The zero-order valence-electron chi connectivity index (χ0n) is 25.1. The minimum atomic E-state index is -0.169. The second-order valence-electron chi connectivity index (χ2n) is 10.3. The van der Waals surface area contributed by atoms with Crippen molar-refractivity contribution in [2.45, 2.75) is 10.4 Å². The van der Waals surface area contributed by atoms with Crippen molar-refractivity contribution in [1.29, 1.82) is 0 Å². The van der Waals surface area contributed by atoms with E-state index in [4.69, 9.17) is 18.3 Å². The van der Waals surface area contributed by atoms with Crippen LogP contribution >= 0.6 is 23.5 Å². The number of carbonyl (C=O) groups is 2. The number of ether oxygens (including phenoxy) is 2. The molecule has 0 saturated carbocycles. The van der Waals surface area contributed by atoms with Gasteiger partial charge in [-0.15, -0.1) is 0 Å². The van der Waals surface area contributed by atoms with Crippen LogP contribution in [-0.4, -0.2) is 33.3 Å². The Morgan fingerprint density at radius 1 is 0.521 bits per heavy atom. The van der Waals surface area contributed by atoms with Crippen molar-refractivity contribution < 1.29 is 27.9 Å². The van der Waals surface area contributed by atoms with Crippen molar-refractivity contribution in [1.82, 2.24) is 9.97 Å². The Balaban J connectivity index is 0.844. The molecular formula is C36H26N4O6S2. The summed E-state index contributed by atoms with van der Waals surface area (Å²) >= 11 is 2.48. The van der Waals surface area contributed by atoms with Crippen LogP contribution in [0.2, 0.25) is 0 Å². The van der Waals surface area contributed by atoms with E-state index in [0.717, 1.165) is 11.0 Å². The molecule has 5 aromatic carbocycles. The minimum absolute atomic E-state index is 0.169. The highest BCUT2D eigenvalue weighted by Crippen LogP contribution is 2.29. The van der Waals surface area contributed by atoms with E-state index in [1.807, 2.05) is 48.5 Å². The Morgan fingerprint density at radius 2 is 0.875 bits per heavy atom. The van der Waals surface area contributed by atoms with Crippen LogP contribution in [0.1, 0.15) is 0 Å². The Labute approximate surface area is 282 Å². The highest BCUT2D eigenvalue weighted by molar-refractivity contribution is 8.00. The van der Waals surface area contributed by atoms with Crippen LogP contribution in [0.25, 0.3) is 22.2 Å². The summed E-state index contributed by atoms with van der Waals surface area (Å²) in [5, 5.41) is 6.64. The number of amides is 2. The van der Waals surface area contributed by atoms with Gasteiger partial charge in [-0.2, -0.15) is 0 Å². The molecule has 0 saturated heterocycles. The summed E-state index contributed by atoms with van der Waals surface area (Å²) in [7, 11) is 0. The molecule has 0 aliphatic heterocycles. The molecule has 48 heavy (non-hydrogen) atoms. The summed E-state index contributed by atoms with van der Waals surface area (Å²) < 4.78 is 23.2. The summed E-state index contributed by atoms with van der Waals surface area (Å²) in [6.45, 7) is 0. The Morgan fingerprint density at radius 3 is 1.25 bits per heavy atom. The van der Waals surface area contributed by atoms with E-state index in [1.165, 1.54) is 23.5 Å². The summed E-state index contributed by atoms with van der Waals surface area (Å²) in [6, 6.07) is 36.4. The first-order chi connectivity index (χ1) is 23.5. The van der Waals surface area contributed by atoms with Crippen molar-refractivity contribution in [3.63, 3.8) is 0 Å². The Bertz CT molecular complexity index is 1960. The van der Waals surface area contributed by atoms with E-state index in [2.05, 4.69) is 20.6 Å². The van der Waals surface area contributed by atoms with Crippen LogP contribution < -0.4 is 20.1 Å². The average Bonchev–Trinajstić information content (AvgIpc) is 3.73. The van der Waals surface area contributed by atoms with Gasteiger partial charge in [-0.3, -0.25) is 9.59 Å². The van der Waals surface area contributed by atoms with Crippen molar-refractivity contribution in [2.75, 3.05) is 22.1 Å². The lowest BCUT2D eigenvalue weighted by atomic mass is 10.3. The maximum Gasteiger partial charge on any atom is 0.257 e. The quantitative estimate of drug-likeness (QED) is 0.121. The Kier molecular flexibility index (Phi) is 9.25. The maximum atomic E-state index is 12.4. The van der Waals surface area contributed by atoms with E-state index >= 15 is 0 Å². The van der Waals surface area contributed by atoms with E-state index in [9.17, 15) is 9.59 Å². The van der Waals surface area contributed by atoms with Crippen LogP contribution in [-0.2, 0) is 9.59 Å². The molecule has 0 unspecified atom stereocenters. The summed E-state index contributed by atoms with van der Waals surface area (Å²) in [5.41, 5.74) is 4.21. The van der Waals surface area contributed by atoms with Crippen LogP contribution in [0.5, 0.6) is 23.0 Å². The number of fused-ring (bicyclic) bond motifs is 2. The fraction of sp³-hybridized carbons (Fsp3) is 0.0556. The SMILES string of the molecule is O=C(CSc1nc2ccccc2o1)Nc1ccc(Oc2ccc(Oc3ccc(NC(=O)CSc4nc5ccccc5o4)cc3)cc2)cc1. The van der Waals surface area contributed by atoms with Gasteiger partial charge >= 0.3 is 0 Å². The number of hydrogen-bond donors (Lipinski definition) is 2.